The van der Waals surface area contributed by atoms with Crippen LogP contribution in [0.1, 0.15) is 17.0 Å². The summed E-state index contributed by atoms with van der Waals surface area (Å²) in [5, 5.41) is 19.3. The second-order valence-electron chi connectivity index (χ2n) is 4.49. The maximum absolute atomic E-state index is 9.78. The molecule has 0 bridgehead atoms. The molecule has 0 fully saturated rings. The molecule has 3 heteroatoms. The predicted molar refractivity (Wildman–Crippen MR) is 74.6 cm³/mol. The summed E-state index contributed by atoms with van der Waals surface area (Å²) in [6.07, 6.45) is 0.607. The summed E-state index contributed by atoms with van der Waals surface area (Å²) in [6, 6.07) is 14.9. The molecule has 2 aromatic rings. The van der Waals surface area contributed by atoms with Crippen LogP contribution < -0.4 is 4.74 Å². The largest absolute Gasteiger partial charge is 0.508 e. The molecule has 2 rings (SSSR count). The van der Waals surface area contributed by atoms with Gasteiger partial charge in [0.25, 0.3) is 0 Å². The van der Waals surface area contributed by atoms with Crippen LogP contribution in [-0.2, 0) is 6.42 Å². The number of hydrogen-bond acceptors (Lipinski definition) is 3. The Kier molecular flexibility index (Phi) is 4.42. The molecule has 19 heavy (non-hydrogen) atoms. The molecule has 0 heterocycles. The van der Waals surface area contributed by atoms with Crippen LogP contribution in [0, 0.1) is 0 Å². The number of methoxy groups -OCH3 is 1. The van der Waals surface area contributed by atoms with Crippen LogP contribution in [0.5, 0.6) is 11.5 Å². The quantitative estimate of drug-likeness (QED) is 0.867. The third-order valence-corrected chi connectivity index (χ3v) is 3.27. The second kappa shape index (κ2) is 6.25. The Morgan fingerprint density at radius 1 is 1.05 bits per heavy atom. The van der Waals surface area contributed by atoms with Crippen LogP contribution in [0.4, 0.5) is 0 Å². The number of benzene rings is 2. The molecule has 0 aliphatic heterocycles. The monoisotopic (exact) mass is 258 g/mol. The van der Waals surface area contributed by atoms with Gasteiger partial charge in [-0.1, -0.05) is 30.3 Å². The van der Waals surface area contributed by atoms with Gasteiger partial charge in [0.1, 0.15) is 11.5 Å². The second-order valence-corrected chi connectivity index (χ2v) is 4.49. The van der Waals surface area contributed by atoms with Gasteiger partial charge in [-0.3, -0.25) is 0 Å². The Morgan fingerprint density at radius 3 is 2.32 bits per heavy atom. The average molecular weight is 258 g/mol. The molecule has 2 N–H and O–H groups in total. The minimum atomic E-state index is -0.0285. The van der Waals surface area contributed by atoms with E-state index in [9.17, 15) is 10.2 Å². The van der Waals surface area contributed by atoms with E-state index in [0.29, 0.717) is 6.42 Å². The van der Waals surface area contributed by atoms with Crippen LogP contribution in [0.15, 0.2) is 48.5 Å². The molecule has 3 nitrogen and oxygen atoms in total. The summed E-state index contributed by atoms with van der Waals surface area (Å²) < 4.78 is 5.12. The van der Waals surface area contributed by atoms with Crippen molar-refractivity contribution in [2.24, 2.45) is 0 Å². The lowest BCUT2D eigenvalue weighted by Crippen LogP contribution is -2.08. The van der Waals surface area contributed by atoms with Gasteiger partial charge in [0.2, 0.25) is 0 Å². The van der Waals surface area contributed by atoms with E-state index in [2.05, 4.69) is 0 Å². The van der Waals surface area contributed by atoms with Crippen LogP contribution in [0.2, 0.25) is 0 Å². The lowest BCUT2D eigenvalue weighted by atomic mass is 9.92. The normalized spacial score (nSPS) is 12.1. The van der Waals surface area contributed by atoms with Gasteiger partial charge in [0.15, 0.2) is 0 Å². The number of phenols is 1. The first-order chi connectivity index (χ1) is 9.24. The Bertz CT molecular complexity index is 520. The summed E-state index contributed by atoms with van der Waals surface area (Å²) in [7, 11) is 1.63. The molecule has 1 unspecified atom stereocenters. The van der Waals surface area contributed by atoms with E-state index in [1.165, 1.54) is 0 Å². The van der Waals surface area contributed by atoms with Crippen LogP contribution in [0.25, 0.3) is 0 Å². The molecule has 100 valence electrons. The summed E-state index contributed by atoms with van der Waals surface area (Å²) in [5.74, 6) is 1.04. The van der Waals surface area contributed by atoms with Crippen LogP contribution in [0.3, 0.4) is 0 Å². The molecule has 0 saturated carbocycles. The number of aromatic hydroxyl groups is 1. The van der Waals surface area contributed by atoms with E-state index in [1.54, 1.807) is 19.2 Å². The van der Waals surface area contributed by atoms with Crippen molar-refractivity contribution in [3.8, 4) is 11.5 Å². The summed E-state index contributed by atoms with van der Waals surface area (Å²) in [5.41, 5.74) is 1.88. The zero-order chi connectivity index (χ0) is 13.7. The smallest absolute Gasteiger partial charge is 0.118 e. The van der Waals surface area contributed by atoms with E-state index >= 15 is 0 Å². The molecular weight excluding hydrogens is 240 g/mol. The lowest BCUT2D eigenvalue weighted by Gasteiger charge is -2.16. The topological polar surface area (TPSA) is 49.7 Å². The van der Waals surface area contributed by atoms with E-state index in [-0.39, 0.29) is 18.3 Å². The number of aliphatic hydroxyl groups excluding tert-OH is 1. The first-order valence-corrected chi connectivity index (χ1v) is 6.26. The molecule has 0 aliphatic carbocycles. The van der Waals surface area contributed by atoms with Gasteiger partial charge in [-0.2, -0.15) is 0 Å². The highest BCUT2D eigenvalue weighted by molar-refractivity contribution is 5.35. The van der Waals surface area contributed by atoms with E-state index in [4.69, 9.17) is 4.74 Å². The Morgan fingerprint density at radius 2 is 1.74 bits per heavy atom. The Labute approximate surface area is 113 Å². The fraction of sp³-hybridized carbons (Fsp3) is 0.250. The third-order valence-electron chi connectivity index (χ3n) is 3.27. The molecule has 0 aliphatic rings. The minimum Gasteiger partial charge on any atom is -0.508 e. The van der Waals surface area contributed by atoms with Crippen LogP contribution in [-0.4, -0.2) is 23.9 Å². The Balaban J connectivity index is 2.17. The van der Waals surface area contributed by atoms with Crippen molar-refractivity contribution >= 4 is 0 Å². The van der Waals surface area contributed by atoms with E-state index < -0.39 is 0 Å². The van der Waals surface area contributed by atoms with Gasteiger partial charge >= 0.3 is 0 Å². The number of rotatable bonds is 5. The molecular formula is C16H18O3. The van der Waals surface area contributed by atoms with Gasteiger partial charge in [0, 0.05) is 5.92 Å². The fourth-order valence-corrected chi connectivity index (χ4v) is 2.11. The summed E-state index contributed by atoms with van der Waals surface area (Å²) in [6.45, 7) is 0.0423. The molecule has 0 spiro atoms. The summed E-state index contributed by atoms with van der Waals surface area (Å²) >= 11 is 0. The zero-order valence-electron chi connectivity index (χ0n) is 10.9. The standard InChI is InChI=1S/C16H18O3/c1-19-15-8-6-12(7-9-15)14(11-17)10-13-4-2-3-5-16(13)18/h2-9,14,17-18H,10-11H2,1H3. The molecule has 0 aromatic heterocycles. The van der Waals surface area contributed by atoms with Gasteiger partial charge in [0.05, 0.1) is 13.7 Å². The molecule has 1 atom stereocenters. The average Bonchev–Trinajstić information content (AvgIpc) is 2.47. The van der Waals surface area contributed by atoms with Gasteiger partial charge < -0.3 is 14.9 Å². The molecule has 0 radical (unpaired) electrons. The highest BCUT2D eigenvalue weighted by Crippen LogP contribution is 2.26. The zero-order valence-corrected chi connectivity index (χ0v) is 10.9. The number of para-hydroxylation sites is 1. The van der Waals surface area contributed by atoms with Crippen LogP contribution >= 0.6 is 0 Å². The van der Waals surface area contributed by atoms with E-state index in [0.717, 1.165) is 16.9 Å². The van der Waals surface area contributed by atoms with Crippen molar-refractivity contribution in [2.45, 2.75) is 12.3 Å². The highest BCUT2D eigenvalue weighted by Gasteiger charge is 2.13. The number of aliphatic hydroxyl groups is 1. The highest BCUT2D eigenvalue weighted by atomic mass is 16.5. The van der Waals surface area contributed by atoms with Crippen molar-refractivity contribution in [3.63, 3.8) is 0 Å². The predicted octanol–water partition coefficient (Wildman–Crippen LogP) is 2.72. The lowest BCUT2D eigenvalue weighted by molar-refractivity contribution is 0.263. The van der Waals surface area contributed by atoms with Gasteiger partial charge in [-0.05, 0) is 35.7 Å². The summed E-state index contributed by atoms with van der Waals surface area (Å²) in [4.78, 5) is 0. The number of ether oxygens (including phenoxy) is 1. The SMILES string of the molecule is COc1ccc(C(CO)Cc2ccccc2O)cc1. The first kappa shape index (κ1) is 13.4. The van der Waals surface area contributed by atoms with E-state index in [1.807, 2.05) is 36.4 Å². The number of hydrogen-bond donors (Lipinski definition) is 2. The van der Waals surface area contributed by atoms with Gasteiger partial charge in [-0.15, -0.1) is 0 Å². The minimum absolute atomic E-state index is 0.0285. The fourth-order valence-electron chi connectivity index (χ4n) is 2.11. The molecule has 0 amide bonds. The van der Waals surface area contributed by atoms with Gasteiger partial charge in [-0.25, -0.2) is 0 Å². The molecule has 0 saturated heterocycles. The van der Waals surface area contributed by atoms with Crippen molar-refractivity contribution in [1.82, 2.24) is 0 Å². The van der Waals surface area contributed by atoms with Crippen molar-refractivity contribution < 1.29 is 14.9 Å². The van der Waals surface area contributed by atoms with Crippen molar-refractivity contribution in [2.75, 3.05) is 13.7 Å². The number of phenolic OH excluding ortho intramolecular Hbond substituents is 1. The van der Waals surface area contributed by atoms with Crippen molar-refractivity contribution in [1.29, 1.82) is 0 Å². The Hall–Kier alpha value is -2.00. The molecule has 2 aromatic carbocycles. The third kappa shape index (κ3) is 3.26. The maximum atomic E-state index is 9.78. The maximum Gasteiger partial charge on any atom is 0.118 e. The first-order valence-electron chi connectivity index (χ1n) is 6.26. The van der Waals surface area contributed by atoms with Crippen molar-refractivity contribution in [3.05, 3.63) is 59.7 Å².